The molecule has 1 aliphatic rings. The van der Waals surface area contributed by atoms with Crippen LogP contribution in [0.25, 0.3) is 22.2 Å². The van der Waals surface area contributed by atoms with Crippen molar-refractivity contribution in [3.63, 3.8) is 0 Å². The molecule has 2 aromatic heterocycles. The number of esters is 1. The number of aromatic nitrogens is 2. The summed E-state index contributed by atoms with van der Waals surface area (Å²) in [5, 5.41) is 1.07. The standard InChI is InChI=1S/C29H38N2O4/c1-16-10-11-22(12-17(16)2)25-23-18(3)20(5)31(13-21-14-34-15-21)27(23)30-19(4)24(25)26(28(32)33-9)35-29(6,7)8/h10-12,21,26H,13-15H2,1-9H3/t26-/m0/s1. The highest BCUT2D eigenvalue weighted by Gasteiger charge is 2.35. The van der Waals surface area contributed by atoms with Gasteiger partial charge in [-0.25, -0.2) is 9.78 Å². The van der Waals surface area contributed by atoms with E-state index in [0.29, 0.717) is 5.92 Å². The van der Waals surface area contributed by atoms with Crippen LogP contribution in [0.4, 0.5) is 0 Å². The highest BCUT2D eigenvalue weighted by Crippen LogP contribution is 2.43. The molecule has 1 aromatic carbocycles. The van der Waals surface area contributed by atoms with Crippen LogP contribution in [0.1, 0.15) is 60.5 Å². The molecule has 1 fully saturated rings. The van der Waals surface area contributed by atoms with Gasteiger partial charge >= 0.3 is 5.97 Å². The zero-order valence-corrected chi connectivity index (χ0v) is 22.5. The first kappa shape index (κ1) is 25.4. The van der Waals surface area contributed by atoms with Crippen LogP contribution in [0.3, 0.4) is 0 Å². The van der Waals surface area contributed by atoms with Gasteiger partial charge in [-0.3, -0.25) is 0 Å². The number of rotatable bonds is 6. The largest absolute Gasteiger partial charge is 0.467 e. The van der Waals surface area contributed by atoms with Gasteiger partial charge < -0.3 is 18.8 Å². The molecule has 6 nitrogen and oxygen atoms in total. The lowest BCUT2D eigenvalue weighted by atomic mass is 9.89. The second-order valence-corrected chi connectivity index (χ2v) is 10.8. The van der Waals surface area contributed by atoms with Gasteiger partial charge in [-0.2, -0.15) is 0 Å². The molecule has 188 valence electrons. The van der Waals surface area contributed by atoms with Gasteiger partial charge in [-0.05, 0) is 77.6 Å². The molecule has 0 N–H and O–H groups in total. The third-order valence-electron chi connectivity index (χ3n) is 7.08. The summed E-state index contributed by atoms with van der Waals surface area (Å²) < 4.78 is 19.3. The van der Waals surface area contributed by atoms with Crippen molar-refractivity contribution in [3.8, 4) is 11.1 Å². The molecule has 0 amide bonds. The van der Waals surface area contributed by atoms with Crippen molar-refractivity contribution in [2.75, 3.05) is 20.3 Å². The van der Waals surface area contributed by atoms with Crippen molar-refractivity contribution in [1.82, 2.24) is 9.55 Å². The highest BCUT2D eigenvalue weighted by molar-refractivity contribution is 6.00. The zero-order chi connectivity index (χ0) is 25.7. The molecule has 35 heavy (non-hydrogen) atoms. The molecule has 3 heterocycles. The van der Waals surface area contributed by atoms with Gasteiger partial charge in [0.15, 0.2) is 6.10 Å². The van der Waals surface area contributed by atoms with E-state index < -0.39 is 17.7 Å². The first-order valence-electron chi connectivity index (χ1n) is 12.3. The van der Waals surface area contributed by atoms with Crippen LogP contribution in [0.15, 0.2) is 18.2 Å². The average molecular weight is 479 g/mol. The zero-order valence-electron chi connectivity index (χ0n) is 22.5. The van der Waals surface area contributed by atoms with Crippen molar-refractivity contribution in [3.05, 3.63) is 51.8 Å². The summed E-state index contributed by atoms with van der Waals surface area (Å²) in [6, 6.07) is 6.47. The molecule has 4 rings (SSSR count). The molecule has 1 aliphatic heterocycles. The van der Waals surface area contributed by atoms with Gasteiger partial charge in [0, 0.05) is 40.4 Å². The maximum Gasteiger partial charge on any atom is 0.339 e. The fraction of sp³-hybridized carbons (Fsp3) is 0.517. The minimum absolute atomic E-state index is 0.422. The summed E-state index contributed by atoms with van der Waals surface area (Å²) >= 11 is 0. The molecule has 1 saturated heterocycles. The Balaban J connectivity index is 2.09. The summed E-state index contributed by atoms with van der Waals surface area (Å²) in [5.41, 5.74) is 8.77. The summed E-state index contributed by atoms with van der Waals surface area (Å²) in [7, 11) is 1.41. The number of hydrogen-bond donors (Lipinski definition) is 0. The number of carbonyl (C=O) groups is 1. The molecular formula is C29H38N2O4. The number of methoxy groups -OCH3 is 1. The third-order valence-corrected chi connectivity index (χ3v) is 7.08. The maximum absolute atomic E-state index is 13.1. The fourth-order valence-corrected chi connectivity index (χ4v) is 4.87. The first-order chi connectivity index (χ1) is 16.4. The Labute approximate surface area is 208 Å². The maximum atomic E-state index is 13.1. The smallest absolute Gasteiger partial charge is 0.339 e. The van der Waals surface area contributed by atoms with E-state index in [4.69, 9.17) is 19.2 Å². The SMILES string of the molecule is COC(=O)[C@@H](OC(C)(C)C)c1c(C)nc2c(c(C)c(C)n2CC2COC2)c1-c1ccc(C)c(C)c1. The Morgan fingerprint density at radius 3 is 2.37 bits per heavy atom. The lowest BCUT2D eigenvalue weighted by molar-refractivity contribution is -0.164. The number of hydrogen-bond acceptors (Lipinski definition) is 5. The molecule has 0 aliphatic carbocycles. The van der Waals surface area contributed by atoms with Crippen LogP contribution in [0.2, 0.25) is 0 Å². The molecular weight excluding hydrogens is 440 g/mol. The Morgan fingerprint density at radius 1 is 1.14 bits per heavy atom. The predicted octanol–water partition coefficient (Wildman–Crippen LogP) is 5.92. The number of fused-ring (bicyclic) bond motifs is 1. The number of benzene rings is 1. The van der Waals surface area contributed by atoms with Crippen LogP contribution in [-0.4, -0.2) is 41.4 Å². The summed E-state index contributed by atoms with van der Waals surface area (Å²) in [6.45, 7) is 18.8. The van der Waals surface area contributed by atoms with Gasteiger partial charge in [0.2, 0.25) is 0 Å². The molecule has 1 atom stereocenters. The van der Waals surface area contributed by atoms with Gasteiger partial charge in [-0.1, -0.05) is 18.2 Å². The third kappa shape index (κ3) is 4.74. The average Bonchev–Trinajstić information content (AvgIpc) is 2.98. The van der Waals surface area contributed by atoms with E-state index in [1.165, 1.54) is 29.5 Å². The van der Waals surface area contributed by atoms with E-state index >= 15 is 0 Å². The van der Waals surface area contributed by atoms with E-state index in [0.717, 1.165) is 53.2 Å². The van der Waals surface area contributed by atoms with Gasteiger partial charge in [0.25, 0.3) is 0 Å². The second-order valence-electron chi connectivity index (χ2n) is 10.8. The van der Waals surface area contributed by atoms with Crippen LogP contribution >= 0.6 is 0 Å². The fourth-order valence-electron chi connectivity index (χ4n) is 4.87. The molecule has 0 spiro atoms. The predicted molar refractivity (Wildman–Crippen MR) is 139 cm³/mol. The van der Waals surface area contributed by atoms with E-state index in [-0.39, 0.29) is 0 Å². The number of carbonyl (C=O) groups excluding carboxylic acids is 1. The Hall–Kier alpha value is -2.70. The molecule has 0 unspecified atom stereocenters. The number of nitrogens with zero attached hydrogens (tertiary/aromatic N) is 2. The van der Waals surface area contributed by atoms with Gasteiger partial charge in [0.1, 0.15) is 5.65 Å². The van der Waals surface area contributed by atoms with Crippen molar-refractivity contribution in [2.45, 2.75) is 73.6 Å². The van der Waals surface area contributed by atoms with E-state index in [1.807, 2.05) is 27.7 Å². The highest BCUT2D eigenvalue weighted by atomic mass is 16.6. The monoisotopic (exact) mass is 478 g/mol. The quantitative estimate of drug-likeness (QED) is 0.412. The molecule has 0 bridgehead atoms. The van der Waals surface area contributed by atoms with Crippen molar-refractivity contribution >= 4 is 17.0 Å². The minimum Gasteiger partial charge on any atom is -0.467 e. The number of ether oxygens (including phenoxy) is 3. The van der Waals surface area contributed by atoms with Crippen molar-refractivity contribution in [2.24, 2.45) is 5.92 Å². The van der Waals surface area contributed by atoms with Gasteiger partial charge in [-0.15, -0.1) is 0 Å². The van der Waals surface area contributed by atoms with Crippen LogP contribution in [0.5, 0.6) is 0 Å². The molecule has 6 heteroatoms. The van der Waals surface area contributed by atoms with Crippen molar-refractivity contribution in [1.29, 1.82) is 0 Å². The minimum atomic E-state index is -0.892. The van der Waals surface area contributed by atoms with Gasteiger partial charge in [0.05, 0.1) is 25.9 Å². The number of aryl methyl sites for hydroxylation is 4. The van der Waals surface area contributed by atoms with E-state index in [9.17, 15) is 4.79 Å². The Morgan fingerprint density at radius 2 is 1.83 bits per heavy atom. The summed E-state index contributed by atoms with van der Waals surface area (Å²) in [4.78, 5) is 18.2. The summed E-state index contributed by atoms with van der Waals surface area (Å²) in [6.07, 6.45) is -0.892. The lowest BCUT2D eigenvalue weighted by Crippen LogP contribution is -2.31. The Kier molecular flexibility index (Phi) is 6.82. The van der Waals surface area contributed by atoms with Crippen LogP contribution in [0, 0.1) is 40.5 Å². The van der Waals surface area contributed by atoms with Crippen molar-refractivity contribution < 1.29 is 19.0 Å². The second kappa shape index (κ2) is 9.40. The normalized spacial score (nSPS) is 15.3. The summed E-state index contributed by atoms with van der Waals surface area (Å²) in [5.74, 6) is 0.0669. The first-order valence-corrected chi connectivity index (χ1v) is 12.3. The molecule has 0 radical (unpaired) electrons. The van der Waals surface area contributed by atoms with E-state index in [2.05, 4.69) is 50.5 Å². The van der Waals surface area contributed by atoms with Crippen LogP contribution < -0.4 is 0 Å². The molecule has 0 saturated carbocycles. The van der Waals surface area contributed by atoms with Crippen LogP contribution in [-0.2, 0) is 25.5 Å². The molecule has 3 aromatic rings. The topological polar surface area (TPSA) is 62.6 Å². The number of pyridine rings is 1. The Bertz CT molecular complexity index is 1280. The lowest BCUT2D eigenvalue weighted by Gasteiger charge is -2.29. The van der Waals surface area contributed by atoms with E-state index in [1.54, 1.807) is 0 Å².